The standard InChI is InChI=1S/C32H24ClN3O4/c1-2-39-29-20-23(14-18-28(29)40-30(37)19-15-22-12-16-25(33)17-13-22)21-34-36-31(24-8-4-3-5-9-24)35-27-11-7-6-10-26(27)32(36)38/h3-21H,2H2,1H3/b19-15+,34-21?. The van der Waals surface area contributed by atoms with Gasteiger partial charge >= 0.3 is 5.97 Å². The number of aromatic nitrogens is 2. The van der Waals surface area contributed by atoms with Gasteiger partial charge in [0.05, 0.1) is 23.7 Å². The molecule has 0 radical (unpaired) electrons. The number of nitrogens with zero attached hydrogens (tertiary/aromatic N) is 3. The van der Waals surface area contributed by atoms with E-state index in [0.717, 1.165) is 11.1 Å². The van der Waals surface area contributed by atoms with Crippen molar-refractivity contribution in [3.05, 3.63) is 130 Å². The first-order valence-corrected chi connectivity index (χ1v) is 12.9. The number of benzene rings is 4. The molecule has 0 saturated carbocycles. The van der Waals surface area contributed by atoms with Crippen LogP contribution in [0.2, 0.25) is 5.02 Å². The molecule has 1 heterocycles. The molecule has 0 saturated heterocycles. The molecule has 198 valence electrons. The smallest absolute Gasteiger partial charge is 0.336 e. The molecule has 5 rings (SSSR count). The third-order valence-electron chi connectivity index (χ3n) is 5.87. The number of halogens is 1. The summed E-state index contributed by atoms with van der Waals surface area (Å²) in [5, 5.41) is 5.57. The van der Waals surface area contributed by atoms with Crippen molar-refractivity contribution in [1.82, 2.24) is 9.66 Å². The van der Waals surface area contributed by atoms with Crippen LogP contribution >= 0.6 is 11.6 Å². The second-order valence-corrected chi connectivity index (χ2v) is 9.06. The summed E-state index contributed by atoms with van der Waals surface area (Å²) in [5.74, 6) is 0.494. The molecule has 0 N–H and O–H groups in total. The maximum atomic E-state index is 13.4. The van der Waals surface area contributed by atoms with Crippen molar-refractivity contribution >= 4 is 40.8 Å². The first kappa shape index (κ1) is 26.6. The predicted octanol–water partition coefficient (Wildman–Crippen LogP) is 6.62. The number of ether oxygens (including phenoxy) is 2. The zero-order valence-electron chi connectivity index (χ0n) is 21.5. The van der Waals surface area contributed by atoms with Gasteiger partial charge in [-0.15, -0.1) is 0 Å². The highest BCUT2D eigenvalue weighted by Gasteiger charge is 2.13. The number of hydrogen-bond acceptors (Lipinski definition) is 6. The summed E-state index contributed by atoms with van der Waals surface area (Å²) in [5.41, 5.74) is 2.51. The molecule has 0 aliphatic carbocycles. The van der Waals surface area contributed by atoms with E-state index in [0.29, 0.717) is 39.7 Å². The van der Waals surface area contributed by atoms with Gasteiger partial charge in [0.2, 0.25) is 0 Å². The van der Waals surface area contributed by atoms with Crippen LogP contribution in [0.4, 0.5) is 0 Å². The number of para-hydroxylation sites is 1. The Kier molecular flexibility index (Phi) is 8.13. The number of rotatable bonds is 8. The van der Waals surface area contributed by atoms with Crippen molar-refractivity contribution < 1.29 is 14.3 Å². The normalized spacial score (nSPS) is 11.3. The Morgan fingerprint density at radius 3 is 2.42 bits per heavy atom. The van der Waals surface area contributed by atoms with Crippen LogP contribution in [0, 0.1) is 0 Å². The highest BCUT2D eigenvalue weighted by molar-refractivity contribution is 6.30. The molecule has 0 aliphatic rings. The lowest BCUT2D eigenvalue weighted by molar-refractivity contribution is -0.129. The minimum Gasteiger partial charge on any atom is -0.490 e. The molecular formula is C32H24ClN3O4. The largest absolute Gasteiger partial charge is 0.490 e. The fraction of sp³-hybridized carbons (Fsp3) is 0.0625. The van der Waals surface area contributed by atoms with Crippen LogP contribution < -0.4 is 15.0 Å². The van der Waals surface area contributed by atoms with E-state index in [1.165, 1.54) is 10.8 Å². The van der Waals surface area contributed by atoms with Crippen molar-refractivity contribution in [2.24, 2.45) is 5.10 Å². The molecule has 0 spiro atoms. The van der Waals surface area contributed by atoms with E-state index in [-0.39, 0.29) is 11.3 Å². The second-order valence-electron chi connectivity index (χ2n) is 8.63. The Labute approximate surface area is 235 Å². The van der Waals surface area contributed by atoms with Crippen molar-refractivity contribution in [1.29, 1.82) is 0 Å². The van der Waals surface area contributed by atoms with Crippen molar-refractivity contribution in [2.75, 3.05) is 6.61 Å². The molecular weight excluding hydrogens is 526 g/mol. The Bertz CT molecular complexity index is 1780. The average molecular weight is 550 g/mol. The molecule has 0 fully saturated rings. The van der Waals surface area contributed by atoms with Crippen molar-refractivity contribution in [3.8, 4) is 22.9 Å². The maximum Gasteiger partial charge on any atom is 0.336 e. The third kappa shape index (κ3) is 6.17. The molecule has 0 aliphatic heterocycles. The summed E-state index contributed by atoms with van der Waals surface area (Å²) in [6.07, 6.45) is 4.51. The summed E-state index contributed by atoms with van der Waals surface area (Å²) in [7, 11) is 0. The number of carbonyl (C=O) groups excluding carboxylic acids is 1. The van der Waals surface area contributed by atoms with Crippen LogP contribution in [-0.2, 0) is 4.79 Å². The van der Waals surface area contributed by atoms with Gasteiger partial charge in [-0.05, 0) is 66.6 Å². The van der Waals surface area contributed by atoms with Gasteiger partial charge < -0.3 is 9.47 Å². The molecule has 8 heteroatoms. The zero-order valence-corrected chi connectivity index (χ0v) is 22.3. The summed E-state index contributed by atoms with van der Waals surface area (Å²) in [4.78, 5) is 30.6. The van der Waals surface area contributed by atoms with Crippen molar-refractivity contribution in [3.63, 3.8) is 0 Å². The Balaban J connectivity index is 1.44. The molecule has 0 unspecified atom stereocenters. The molecule has 4 aromatic carbocycles. The second kappa shape index (κ2) is 12.2. The molecule has 0 amide bonds. The molecule has 1 aromatic heterocycles. The topological polar surface area (TPSA) is 82.8 Å². The van der Waals surface area contributed by atoms with E-state index in [1.807, 2.05) is 43.3 Å². The number of fused-ring (bicyclic) bond motifs is 1. The van der Waals surface area contributed by atoms with Gasteiger partial charge in [-0.1, -0.05) is 66.2 Å². The SMILES string of the molecule is CCOc1cc(C=Nn2c(-c3ccccc3)nc3ccccc3c2=O)ccc1OC(=O)/C=C/c1ccc(Cl)cc1. The predicted molar refractivity (Wildman–Crippen MR) is 158 cm³/mol. The molecule has 0 bridgehead atoms. The van der Waals surface area contributed by atoms with E-state index in [1.54, 1.807) is 73.0 Å². The molecule has 0 atom stereocenters. The van der Waals surface area contributed by atoms with Gasteiger partial charge in [-0.2, -0.15) is 9.78 Å². The lowest BCUT2D eigenvalue weighted by Crippen LogP contribution is -2.20. The third-order valence-corrected chi connectivity index (χ3v) is 6.12. The average Bonchev–Trinajstić information content (AvgIpc) is 2.98. The first-order chi connectivity index (χ1) is 19.5. The first-order valence-electron chi connectivity index (χ1n) is 12.6. The summed E-state index contributed by atoms with van der Waals surface area (Å²) < 4.78 is 12.5. The van der Waals surface area contributed by atoms with Gasteiger partial charge in [0.25, 0.3) is 5.56 Å². The minimum absolute atomic E-state index is 0.263. The molecule has 7 nitrogen and oxygen atoms in total. The van der Waals surface area contributed by atoms with Crippen LogP contribution in [0.15, 0.2) is 113 Å². The lowest BCUT2D eigenvalue weighted by atomic mass is 10.2. The van der Waals surface area contributed by atoms with Crippen LogP contribution in [0.25, 0.3) is 28.4 Å². The van der Waals surface area contributed by atoms with Crippen LogP contribution in [0.5, 0.6) is 11.5 Å². The Hall–Kier alpha value is -5.01. The van der Waals surface area contributed by atoms with E-state index in [2.05, 4.69) is 5.10 Å². The van der Waals surface area contributed by atoms with E-state index in [9.17, 15) is 9.59 Å². The fourth-order valence-electron chi connectivity index (χ4n) is 3.97. The summed E-state index contributed by atoms with van der Waals surface area (Å²) in [6, 6.07) is 28.7. The number of carbonyl (C=O) groups is 1. The van der Waals surface area contributed by atoms with Gasteiger partial charge in [-0.25, -0.2) is 9.78 Å². The maximum absolute atomic E-state index is 13.4. The van der Waals surface area contributed by atoms with Gasteiger partial charge in [-0.3, -0.25) is 4.79 Å². The molecule has 40 heavy (non-hydrogen) atoms. The molecule has 5 aromatic rings. The quantitative estimate of drug-likeness (QED) is 0.0940. The lowest BCUT2D eigenvalue weighted by Gasteiger charge is -2.11. The summed E-state index contributed by atoms with van der Waals surface area (Å²) >= 11 is 5.91. The highest BCUT2D eigenvalue weighted by Crippen LogP contribution is 2.28. The number of esters is 1. The van der Waals surface area contributed by atoms with Crippen LogP contribution in [0.1, 0.15) is 18.1 Å². The van der Waals surface area contributed by atoms with Gasteiger partial charge in [0.1, 0.15) is 0 Å². The number of hydrogen-bond donors (Lipinski definition) is 0. The summed E-state index contributed by atoms with van der Waals surface area (Å²) in [6.45, 7) is 2.19. The van der Waals surface area contributed by atoms with Gasteiger partial charge in [0.15, 0.2) is 17.3 Å². The van der Waals surface area contributed by atoms with E-state index >= 15 is 0 Å². The van der Waals surface area contributed by atoms with E-state index in [4.69, 9.17) is 26.1 Å². The Morgan fingerprint density at radius 2 is 1.65 bits per heavy atom. The van der Waals surface area contributed by atoms with Crippen LogP contribution in [0.3, 0.4) is 0 Å². The van der Waals surface area contributed by atoms with Gasteiger partial charge in [0, 0.05) is 16.7 Å². The minimum atomic E-state index is -0.557. The highest BCUT2D eigenvalue weighted by atomic mass is 35.5. The Morgan fingerprint density at radius 1 is 0.925 bits per heavy atom. The monoisotopic (exact) mass is 549 g/mol. The fourth-order valence-corrected chi connectivity index (χ4v) is 4.09. The van der Waals surface area contributed by atoms with Crippen molar-refractivity contribution in [2.45, 2.75) is 6.92 Å². The zero-order chi connectivity index (χ0) is 27.9. The van der Waals surface area contributed by atoms with Crippen LogP contribution in [-0.4, -0.2) is 28.5 Å². The van der Waals surface area contributed by atoms with E-state index < -0.39 is 5.97 Å².